The van der Waals surface area contributed by atoms with Gasteiger partial charge in [0.15, 0.2) is 0 Å². The first kappa shape index (κ1) is 20.2. The summed E-state index contributed by atoms with van der Waals surface area (Å²) in [5.41, 5.74) is 5.56. The molecule has 2 rings (SSSR count). The number of hydrogen-bond acceptors (Lipinski definition) is 0. The highest BCUT2D eigenvalue weighted by molar-refractivity contribution is 5.84. The summed E-state index contributed by atoms with van der Waals surface area (Å²) in [6.07, 6.45) is 14.9. The van der Waals surface area contributed by atoms with Crippen LogP contribution in [0.3, 0.4) is 0 Å². The van der Waals surface area contributed by atoms with Crippen molar-refractivity contribution < 1.29 is 0 Å². The second kappa shape index (κ2) is 12.3. The maximum absolute atomic E-state index is 2.48. The Morgan fingerprint density at radius 1 is 0.731 bits per heavy atom. The summed E-state index contributed by atoms with van der Waals surface area (Å²) >= 11 is 0. The monoisotopic (exact) mass is 346 g/mol. The van der Waals surface area contributed by atoms with Crippen LogP contribution in [-0.4, -0.2) is 0 Å². The molecule has 2 aromatic carbocycles. The van der Waals surface area contributed by atoms with Gasteiger partial charge in [-0.05, 0) is 48.0 Å². The predicted octanol–water partition coefficient (Wildman–Crippen LogP) is 8.31. The molecule has 0 saturated heterocycles. The molecule has 0 radical (unpaired) electrons. The Hall–Kier alpha value is -2.08. The lowest BCUT2D eigenvalue weighted by Gasteiger charge is -2.14. The van der Waals surface area contributed by atoms with Gasteiger partial charge in [-0.25, -0.2) is 0 Å². The van der Waals surface area contributed by atoms with Crippen molar-refractivity contribution in [1.29, 1.82) is 0 Å². The molecule has 0 bridgehead atoms. The number of benzene rings is 2. The van der Waals surface area contributed by atoms with Gasteiger partial charge in [-0.1, -0.05) is 112 Å². The van der Waals surface area contributed by atoms with Crippen molar-refractivity contribution in [2.45, 2.75) is 65.2 Å². The average Bonchev–Trinajstić information content (AvgIpc) is 2.69. The average molecular weight is 347 g/mol. The third-order valence-corrected chi connectivity index (χ3v) is 4.78. The number of hydrogen-bond donors (Lipinski definition) is 0. The lowest BCUT2D eigenvalue weighted by Crippen LogP contribution is -1.93. The summed E-state index contributed by atoms with van der Waals surface area (Å²) in [6, 6.07) is 21.7. The van der Waals surface area contributed by atoms with Gasteiger partial charge in [0, 0.05) is 0 Å². The molecule has 0 aromatic heterocycles. The minimum absolute atomic E-state index is 1.15. The molecule has 0 heterocycles. The number of rotatable bonds is 11. The largest absolute Gasteiger partial charge is 0.0764 e. The second-order valence-corrected chi connectivity index (χ2v) is 7.02. The van der Waals surface area contributed by atoms with E-state index in [1.807, 2.05) is 0 Å². The first-order valence-corrected chi connectivity index (χ1v) is 10.4. The highest BCUT2D eigenvalue weighted by atomic mass is 14.1. The zero-order valence-electron chi connectivity index (χ0n) is 16.6. The molecule has 0 fully saturated rings. The first-order chi connectivity index (χ1) is 12.8. The van der Waals surface area contributed by atoms with Crippen LogP contribution in [0.2, 0.25) is 0 Å². The van der Waals surface area contributed by atoms with Crippen LogP contribution < -0.4 is 0 Å². The normalized spacial score (nSPS) is 12.4. The van der Waals surface area contributed by atoms with Gasteiger partial charge in [0.1, 0.15) is 0 Å². The van der Waals surface area contributed by atoms with Crippen LogP contribution >= 0.6 is 0 Å². The van der Waals surface area contributed by atoms with Crippen LogP contribution in [0.15, 0.2) is 72.3 Å². The van der Waals surface area contributed by atoms with E-state index in [0.717, 1.165) is 12.8 Å². The molecule has 0 amide bonds. The molecule has 0 N–H and O–H groups in total. The van der Waals surface area contributed by atoms with E-state index in [1.165, 1.54) is 60.8 Å². The fraction of sp³-hybridized carbons (Fsp3) is 0.385. The lowest BCUT2D eigenvalue weighted by atomic mass is 9.91. The van der Waals surface area contributed by atoms with Crippen molar-refractivity contribution in [1.82, 2.24) is 0 Å². The summed E-state index contributed by atoms with van der Waals surface area (Å²) in [5, 5.41) is 0. The molecule has 26 heavy (non-hydrogen) atoms. The van der Waals surface area contributed by atoms with Crippen molar-refractivity contribution in [3.63, 3.8) is 0 Å². The molecule has 0 spiro atoms. The van der Waals surface area contributed by atoms with E-state index in [1.54, 1.807) is 0 Å². The molecule has 0 heteroatoms. The van der Waals surface area contributed by atoms with E-state index in [2.05, 4.69) is 86.7 Å². The van der Waals surface area contributed by atoms with Crippen molar-refractivity contribution in [2.75, 3.05) is 0 Å². The quantitative estimate of drug-likeness (QED) is 0.283. The highest BCUT2D eigenvalue weighted by Crippen LogP contribution is 2.30. The van der Waals surface area contributed by atoms with E-state index < -0.39 is 0 Å². The van der Waals surface area contributed by atoms with Gasteiger partial charge in [-0.15, -0.1) is 0 Å². The van der Waals surface area contributed by atoms with Crippen molar-refractivity contribution in [2.24, 2.45) is 0 Å². The number of allylic oxidation sites excluding steroid dienone is 3. The van der Waals surface area contributed by atoms with Crippen LogP contribution in [0, 0.1) is 0 Å². The molecule has 138 valence electrons. The van der Waals surface area contributed by atoms with E-state index in [9.17, 15) is 0 Å². The third-order valence-electron chi connectivity index (χ3n) is 4.78. The van der Waals surface area contributed by atoms with Gasteiger partial charge in [0.2, 0.25) is 0 Å². The van der Waals surface area contributed by atoms with Gasteiger partial charge >= 0.3 is 0 Å². The highest BCUT2D eigenvalue weighted by Gasteiger charge is 2.08. The fourth-order valence-electron chi connectivity index (χ4n) is 3.29. The Morgan fingerprint density at radius 2 is 1.35 bits per heavy atom. The summed E-state index contributed by atoms with van der Waals surface area (Å²) < 4.78 is 0. The van der Waals surface area contributed by atoms with E-state index in [4.69, 9.17) is 0 Å². The number of unbranched alkanes of at least 4 members (excludes halogenated alkanes) is 5. The van der Waals surface area contributed by atoms with Crippen molar-refractivity contribution >= 4 is 11.6 Å². The van der Waals surface area contributed by atoms with E-state index in [-0.39, 0.29) is 0 Å². The van der Waals surface area contributed by atoms with Crippen LogP contribution in [0.25, 0.3) is 11.6 Å². The molecule has 0 nitrogen and oxygen atoms in total. The third kappa shape index (κ3) is 7.04. The molecule has 2 aromatic rings. The Labute approximate surface area is 160 Å². The molecule has 0 aliphatic carbocycles. The Balaban J connectivity index is 2.34. The standard InChI is InChI=1S/C26H34/c1-3-5-7-15-21-26(24-18-13-9-14-19-24)25(20-10-6-4-2)22-23-16-11-8-12-17-23/h8-9,11-14,16-19,21-22H,3-7,10,15,20H2,1-2H3. The maximum atomic E-state index is 2.48. The minimum Gasteiger partial charge on any atom is -0.0764 e. The zero-order chi connectivity index (χ0) is 18.5. The smallest absolute Gasteiger partial charge is 0.0184 e. The SMILES string of the molecule is CCCCCC=C(C(=Cc1ccccc1)CCCCC)c1ccccc1. The van der Waals surface area contributed by atoms with Gasteiger partial charge in [0.25, 0.3) is 0 Å². The maximum Gasteiger partial charge on any atom is -0.0184 e. The molecular weight excluding hydrogens is 312 g/mol. The molecule has 0 unspecified atom stereocenters. The van der Waals surface area contributed by atoms with Crippen molar-refractivity contribution in [3.05, 3.63) is 83.4 Å². The fourth-order valence-corrected chi connectivity index (χ4v) is 3.29. The molecule has 0 atom stereocenters. The molecule has 0 saturated carbocycles. The molecule has 0 aliphatic heterocycles. The van der Waals surface area contributed by atoms with Crippen molar-refractivity contribution in [3.8, 4) is 0 Å². The Kier molecular flexibility index (Phi) is 9.57. The van der Waals surface area contributed by atoms with E-state index >= 15 is 0 Å². The summed E-state index contributed by atoms with van der Waals surface area (Å²) in [7, 11) is 0. The molecular formula is C26H34. The van der Waals surface area contributed by atoms with Gasteiger partial charge in [0.05, 0.1) is 0 Å². The summed E-state index contributed by atoms with van der Waals surface area (Å²) in [5.74, 6) is 0. The van der Waals surface area contributed by atoms with Crippen LogP contribution in [-0.2, 0) is 0 Å². The summed E-state index contributed by atoms with van der Waals surface area (Å²) in [6.45, 7) is 4.55. The minimum atomic E-state index is 1.15. The Morgan fingerprint density at radius 3 is 2.00 bits per heavy atom. The van der Waals surface area contributed by atoms with Gasteiger partial charge in [-0.2, -0.15) is 0 Å². The predicted molar refractivity (Wildman–Crippen MR) is 117 cm³/mol. The summed E-state index contributed by atoms with van der Waals surface area (Å²) in [4.78, 5) is 0. The Bertz CT molecular complexity index is 662. The molecule has 0 aliphatic rings. The second-order valence-electron chi connectivity index (χ2n) is 7.02. The zero-order valence-corrected chi connectivity index (χ0v) is 16.6. The van der Waals surface area contributed by atoms with Crippen LogP contribution in [0.5, 0.6) is 0 Å². The van der Waals surface area contributed by atoms with E-state index in [0.29, 0.717) is 0 Å². The lowest BCUT2D eigenvalue weighted by molar-refractivity contribution is 0.719. The van der Waals surface area contributed by atoms with Crippen LogP contribution in [0.4, 0.5) is 0 Å². The topological polar surface area (TPSA) is 0 Å². The van der Waals surface area contributed by atoms with Gasteiger partial charge < -0.3 is 0 Å². The van der Waals surface area contributed by atoms with Crippen LogP contribution in [0.1, 0.15) is 76.3 Å². The first-order valence-electron chi connectivity index (χ1n) is 10.4. The van der Waals surface area contributed by atoms with Gasteiger partial charge in [-0.3, -0.25) is 0 Å².